The molecule has 0 amide bonds. The molecule has 1 aliphatic rings. The maximum Gasteiger partial charge on any atom is 0.157 e. The fourth-order valence-electron chi connectivity index (χ4n) is 3.71. The van der Waals surface area contributed by atoms with E-state index in [-0.39, 0.29) is 18.2 Å². The third kappa shape index (κ3) is 3.49. The van der Waals surface area contributed by atoms with Gasteiger partial charge in [0, 0.05) is 24.2 Å². The Balaban J connectivity index is 1.59. The summed E-state index contributed by atoms with van der Waals surface area (Å²) in [5.74, 6) is 1.75. The van der Waals surface area contributed by atoms with Gasteiger partial charge >= 0.3 is 0 Å². The number of fused-ring (bicyclic) bond motifs is 1. The van der Waals surface area contributed by atoms with Gasteiger partial charge in [0.05, 0.1) is 29.9 Å². The van der Waals surface area contributed by atoms with E-state index < -0.39 is 0 Å². The Morgan fingerprint density at radius 3 is 2.67 bits per heavy atom. The van der Waals surface area contributed by atoms with Crippen molar-refractivity contribution >= 4 is 16.7 Å². The van der Waals surface area contributed by atoms with E-state index in [1.54, 1.807) is 0 Å². The SMILES string of the molecule is Cc1ncc(-c2ccc3cnc(CC(=O)C(C)N4CCCC4)nc3c2)n1C. The first-order valence-electron chi connectivity index (χ1n) is 9.54. The van der Waals surface area contributed by atoms with Crippen LogP contribution in [0.4, 0.5) is 0 Å². The van der Waals surface area contributed by atoms with Gasteiger partial charge in [-0.05, 0) is 45.8 Å². The van der Waals surface area contributed by atoms with Crippen LogP contribution < -0.4 is 0 Å². The van der Waals surface area contributed by atoms with Crippen LogP contribution in [0.3, 0.4) is 0 Å². The second-order valence-electron chi connectivity index (χ2n) is 7.37. The Bertz CT molecular complexity index is 987. The van der Waals surface area contributed by atoms with E-state index in [1.165, 1.54) is 12.8 Å². The van der Waals surface area contributed by atoms with Crippen molar-refractivity contribution in [2.75, 3.05) is 13.1 Å². The molecule has 4 rings (SSSR count). The number of nitrogens with zero attached hydrogens (tertiary/aromatic N) is 5. The molecule has 0 aliphatic carbocycles. The molecule has 0 saturated carbocycles. The molecular formula is C21H25N5O. The summed E-state index contributed by atoms with van der Waals surface area (Å²) >= 11 is 0. The Hall–Kier alpha value is -2.60. The number of aromatic nitrogens is 4. The van der Waals surface area contributed by atoms with Crippen molar-refractivity contribution in [3.8, 4) is 11.3 Å². The number of likely N-dealkylation sites (tertiary alicyclic amines) is 1. The maximum absolute atomic E-state index is 12.6. The van der Waals surface area contributed by atoms with Gasteiger partial charge in [-0.2, -0.15) is 0 Å². The molecule has 1 atom stereocenters. The van der Waals surface area contributed by atoms with Crippen LogP contribution in [-0.4, -0.2) is 49.3 Å². The third-order valence-corrected chi connectivity index (χ3v) is 5.64. The number of Topliss-reactive ketones (excluding diaryl/α,β-unsaturated/α-hetero) is 1. The molecule has 2 aromatic heterocycles. The highest BCUT2D eigenvalue weighted by Gasteiger charge is 2.24. The molecule has 3 aromatic rings. The van der Waals surface area contributed by atoms with Crippen molar-refractivity contribution in [3.63, 3.8) is 0 Å². The normalized spacial score (nSPS) is 16.1. The van der Waals surface area contributed by atoms with Crippen molar-refractivity contribution in [2.24, 2.45) is 7.05 Å². The second kappa shape index (κ2) is 7.19. The number of benzene rings is 1. The van der Waals surface area contributed by atoms with E-state index in [0.717, 1.165) is 41.1 Å². The van der Waals surface area contributed by atoms with Gasteiger partial charge in [-0.3, -0.25) is 9.69 Å². The first-order valence-corrected chi connectivity index (χ1v) is 9.54. The summed E-state index contributed by atoms with van der Waals surface area (Å²) in [6.45, 7) is 6.01. The fraction of sp³-hybridized carbons (Fsp3) is 0.429. The lowest BCUT2D eigenvalue weighted by molar-refractivity contribution is -0.122. The lowest BCUT2D eigenvalue weighted by Crippen LogP contribution is -2.37. The molecule has 27 heavy (non-hydrogen) atoms. The largest absolute Gasteiger partial charge is 0.331 e. The first-order chi connectivity index (χ1) is 13.0. The summed E-state index contributed by atoms with van der Waals surface area (Å²) < 4.78 is 2.06. The summed E-state index contributed by atoms with van der Waals surface area (Å²) in [5.41, 5.74) is 2.97. The maximum atomic E-state index is 12.6. The minimum absolute atomic E-state index is 0.0597. The van der Waals surface area contributed by atoms with Gasteiger partial charge in [0.25, 0.3) is 0 Å². The first kappa shape index (κ1) is 17.8. The van der Waals surface area contributed by atoms with E-state index in [0.29, 0.717) is 5.82 Å². The summed E-state index contributed by atoms with van der Waals surface area (Å²) in [4.78, 5) is 28.3. The molecule has 6 nitrogen and oxygen atoms in total. The summed E-state index contributed by atoms with van der Waals surface area (Å²) in [6.07, 6.45) is 6.33. The Kier molecular flexibility index (Phi) is 4.74. The average Bonchev–Trinajstić information content (AvgIpc) is 3.31. The zero-order valence-corrected chi connectivity index (χ0v) is 16.1. The topological polar surface area (TPSA) is 63.9 Å². The molecule has 0 radical (unpaired) electrons. The minimum Gasteiger partial charge on any atom is -0.331 e. The van der Waals surface area contributed by atoms with Crippen LogP contribution >= 0.6 is 0 Å². The van der Waals surface area contributed by atoms with E-state index in [9.17, 15) is 4.79 Å². The van der Waals surface area contributed by atoms with E-state index in [2.05, 4.69) is 30.5 Å². The minimum atomic E-state index is -0.0597. The number of aryl methyl sites for hydroxylation is 1. The molecule has 1 saturated heterocycles. The summed E-state index contributed by atoms with van der Waals surface area (Å²) in [6, 6.07) is 6.06. The Morgan fingerprint density at radius 2 is 1.96 bits per heavy atom. The van der Waals surface area contributed by atoms with E-state index >= 15 is 0 Å². The number of carbonyl (C=O) groups excluding carboxylic acids is 1. The highest BCUT2D eigenvalue weighted by atomic mass is 16.1. The molecule has 1 aliphatic heterocycles. The van der Waals surface area contributed by atoms with Crippen molar-refractivity contribution in [1.82, 2.24) is 24.4 Å². The predicted molar refractivity (Wildman–Crippen MR) is 105 cm³/mol. The monoisotopic (exact) mass is 363 g/mol. The van der Waals surface area contributed by atoms with Crippen LogP contribution in [-0.2, 0) is 18.3 Å². The molecular weight excluding hydrogens is 338 g/mol. The van der Waals surface area contributed by atoms with Crippen LogP contribution in [0.25, 0.3) is 22.2 Å². The molecule has 0 N–H and O–H groups in total. The number of hydrogen-bond acceptors (Lipinski definition) is 5. The zero-order chi connectivity index (χ0) is 19.0. The number of ketones is 1. The highest BCUT2D eigenvalue weighted by Crippen LogP contribution is 2.24. The molecule has 3 heterocycles. The molecule has 1 aromatic carbocycles. The summed E-state index contributed by atoms with van der Waals surface area (Å²) in [5, 5.41) is 0.974. The van der Waals surface area contributed by atoms with E-state index in [1.807, 2.05) is 45.4 Å². The van der Waals surface area contributed by atoms with Gasteiger partial charge < -0.3 is 4.57 Å². The van der Waals surface area contributed by atoms with Crippen molar-refractivity contribution in [2.45, 2.75) is 39.2 Å². The number of imidazole rings is 1. The van der Waals surface area contributed by atoms with Crippen molar-refractivity contribution < 1.29 is 4.79 Å². The molecule has 0 bridgehead atoms. The van der Waals surface area contributed by atoms with Crippen LogP contribution in [0.1, 0.15) is 31.4 Å². The molecule has 1 fully saturated rings. The summed E-state index contributed by atoms with van der Waals surface area (Å²) in [7, 11) is 2.01. The van der Waals surface area contributed by atoms with Gasteiger partial charge in [0.15, 0.2) is 5.78 Å². The third-order valence-electron chi connectivity index (χ3n) is 5.64. The lowest BCUT2D eigenvalue weighted by Gasteiger charge is -2.22. The predicted octanol–water partition coefficient (Wildman–Crippen LogP) is 2.93. The van der Waals surface area contributed by atoms with Gasteiger partial charge in [-0.1, -0.05) is 12.1 Å². The van der Waals surface area contributed by atoms with Gasteiger partial charge in [0.2, 0.25) is 0 Å². The number of carbonyl (C=O) groups is 1. The zero-order valence-electron chi connectivity index (χ0n) is 16.1. The second-order valence-corrected chi connectivity index (χ2v) is 7.37. The number of rotatable bonds is 5. The Labute approximate surface area is 159 Å². The standard InChI is InChI=1S/C21H25N5O/c1-14(26-8-4-5-9-26)20(27)11-21-23-12-17-7-6-16(10-18(17)24-21)19-13-22-15(2)25(19)3/h6-7,10,12-14H,4-5,8-9,11H2,1-3H3. The van der Waals surface area contributed by atoms with Gasteiger partial charge in [0.1, 0.15) is 11.6 Å². The van der Waals surface area contributed by atoms with Crippen molar-refractivity contribution in [1.29, 1.82) is 0 Å². The fourth-order valence-corrected chi connectivity index (χ4v) is 3.71. The molecule has 1 unspecified atom stereocenters. The smallest absolute Gasteiger partial charge is 0.157 e. The van der Waals surface area contributed by atoms with Crippen LogP contribution in [0.2, 0.25) is 0 Å². The van der Waals surface area contributed by atoms with Gasteiger partial charge in [-0.25, -0.2) is 15.0 Å². The Morgan fingerprint density at radius 1 is 1.19 bits per heavy atom. The van der Waals surface area contributed by atoms with Crippen LogP contribution in [0, 0.1) is 6.92 Å². The van der Waals surface area contributed by atoms with E-state index in [4.69, 9.17) is 0 Å². The van der Waals surface area contributed by atoms with Crippen LogP contribution in [0.15, 0.2) is 30.6 Å². The molecule has 0 spiro atoms. The van der Waals surface area contributed by atoms with Crippen molar-refractivity contribution in [3.05, 3.63) is 42.2 Å². The van der Waals surface area contributed by atoms with Gasteiger partial charge in [-0.15, -0.1) is 0 Å². The average molecular weight is 363 g/mol. The quantitative estimate of drug-likeness (QED) is 0.697. The number of hydrogen-bond donors (Lipinski definition) is 0. The lowest BCUT2D eigenvalue weighted by atomic mass is 10.1. The highest BCUT2D eigenvalue weighted by molar-refractivity contribution is 5.86. The molecule has 140 valence electrons. The van der Waals surface area contributed by atoms with Crippen LogP contribution in [0.5, 0.6) is 0 Å². The molecule has 6 heteroatoms.